The summed E-state index contributed by atoms with van der Waals surface area (Å²) in [6.45, 7) is 0. The van der Waals surface area contributed by atoms with Gasteiger partial charge in [0, 0.05) is 18.0 Å². The van der Waals surface area contributed by atoms with Crippen LogP contribution in [0.15, 0.2) is 36.8 Å². The fourth-order valence-corrected chi connectivity index (χ4v) is 2.89. The second kappa shape index (κ2) is 6.85. The highest BCUT2D eigenvalue weighted by atomic mass is 19.1. The quantitative estimate of drug-likeness (QED) is 0.738. The van der Waals surface area contributed by atoms with E-state index in [1.165, 1.54) is 24.7 Å². The van der Waals surface area contributed by atoms with Crippen molar-refractivity contribution in [2.75, 3.05) is 0 Å². The Morgan fingerprint density at radius 2 is 2.38 bits per heavy atom. The van der Waals surface area contributed by atoms with Gasteiger partial charge in [-0.15, -0.1) is 0 Å². The molecule has 1 amide bonds. The molecule has 1 aliphatic rings. The van der Waals surface area contributed by atoms with Crippen LogP contribution >= 0.6 is 0 Å². The highest BCUT2D eigenvalue weighted by molar-refractivity contribution is 5.92. The Bertz CT molecular complexity index is 779. The van der Waals surface area contributed by atoms with E-state index < -0.39 is 5.60 Å². The number of benzene rings is 1. The van der Waals surface area contributed by atoms with Crippen LogP contribution in [0, 0.1) is 17.7 Å². The van der Waals surface area contributed by atoms with E-state index in [1.54, 1.807) is 12.1 Å². The van der Waals surface area contributed by atoms with E-state index in [1.807, 2.05) is 0 Å². The second-order valence-electron chi connectivity index (χ2n) is 6.02. The Balaban J connectivity index is 1.67. The number of carbonyl (C=O) groups excluding carboxylic acids is 1. The van der Waals surface area contributed by atoms with E-state index in [-0.39, 0.29) is 17.8 Å². The molecule has 2 atom stereocenters. The normalized spacial score (nSPS) is 23.2. The number of aromatic amines is 1. The van der Waals surface area contributed by atoms with E-state index in [0.717, 1.165) is 12.8 Å². The van der Waals surface area contributed by atoms with Crippen molar-refractivity contribution >= 4 is 5.91 Å². The van der Waals surface area contributed by atoms with Crippen molar-refractivity contribution in [3.63, 3.8) is 0 Å². The van der Waals surface area contributed by atoms with Gasteiger partial charge in [0.2, 0.25) is 0 Å². The second-order valence-corrected chi connectivity index (χ2v) is 6.02. The number of hydrogen-bond acceptors (Lipinski definition) is 3. The summed E-state index contributed by atoms with van der Waals surface area (Å²) in [5.41, 5.74) is -0.279. The standard InChI is InChI=1S/C18H18FN3O2/c19-14-4-1-3-13(9-14)6-8-18(24)7-2-5-15(10-18)22-17(23)16-11-20-12-21-16/h1,3-4,9,11-12,15,24H,2,5,7,10H2,(H,20,21)(H,22,23)/t15-,18+/m1/s1. The largest absolute Gasteiger partial charge is 0.378 e. The van der Waals surface area contributed by atoms with E-state index in [0.29, 0.717) is 24.1 Å². The molecule has 1 aromatic carbocycles. The van der Waals surface area contributed by atoms with Crippen LogP contribution in [0.2, 0.25) is 0 Å². The minimum absolute atomic E-state index is 0.165. The van der Waals surface area contributed by atoms with Gasteiger partial charge in [-0.05, 0) is 37.5 Å². The first kappa shape index (κ1) is 16.2. The minimum atomic E-state index is -1.18. The van der Waals surface area contributed by atoms with Gasteiger partial charge in [-0.2, -0.15) is 0 Å². The first-order chi connectivity index (χ1) is 11.5. The van der Waals surface area contributed by atoms with Gasteiger partial charge < -0.3 is 15.4 Å². The van der Waals surface area contributed by atoms with Crippen LogP contribution < -0.4 is 5.32 Å². The summed E-state index contributed by atoms with van der Waals surface area (Å²) in [6.07, 6.45) is 5.30. The number of rotatable bonds is 2. The van der Waals surface area contributed by atoms with Crippen molar-refractivity contribution in [3.8, 4) is 11.8 Å². The molecule has 0 radical (unpaired) electrons. The molecule has 1 fully saturated rings. The van der Waals surface area contributed by atoms with Crippen molar-refractivity contribution in [2.24, 2.45) is 0 Å². The summed E-state index contributed by atoms with van der Waals surface area (Å²) in [7, 11) is 0. The van der Waals surface area contributed by atoms with Gasteiger partial charge in [0.15, 0.2) is 0 Å². The lowest BCUT2D eigenvalue weighted by molar-refractivity contribution is 0.0451. The number of aromatic nitrogens is 2. The predicted octanol–water partition coefficient (Wildman–Crippen LogP) is 2.00. The summed E-state index contributed by atoms with van der Waals surface area (Å²) in [5.74, 6) is 5.07. The highest BCUT2D eigenvalue weighted by Crippen LogP contribution is 2.28. The topological polar surface area (TPSA) is 78.0 Å². The molecule has 0 bridgehead atoms. The fraction of sp³-hybridized carbons (Fsp3) is 0.333. The molecule has 24 heavy (non-hydrogen) atoms. The molecule has 0 spiro atoms. The van der Waals surface area contributed by atoms with Gasteiger partial charge >= 0.3 is 0 Å². The van der Waals surface area contributed by atoms with Gasteiger partial charge in [-0.1, -0.05) is 17.9 Å². The summed E-state index contributed by atoms with van der Waals surface area (Å²) in [4.78, 5) is 18.6. The molecular formula is C18H18FN3O2. The smallest absolute Gasteiger partial charge is 0.269 e. The average molecular weight is 327 g/mol. The number of carbonyl (C=O) groups is 1. The number of nitrogens with one attached hydrogen (secondary N) is 2. The van der Waals surface area contributed by atoms with Gasteiger partial charge in [-0.3, -0.25) is 4.79 Å². The van der Waals surface area contributed by atoms with Gasteiger partial charge in [0.1, 0.15) is 17.1 Å². The first-order valence-electron chi connectivity index (χ1n) is 7.84. The Morgan fingerprint density at radius 1 is 1.50 bits per heavy atom. The van der Waals surface area contributed by atoms with Crippen molar-refractivity contribution in [1.82, 2.24) is 15.3 Å². The predicted molar refractivity (Wildman–Crippen MR) is 86.5 cm³/mol. The average Bonchev–Trinajstić information content (AvgIpc) is 3.08. The van der Waals surface area contributed by atoms with Crippen LogP contribution in [0.4, 0.5) is 4.39 Å². The number of amides is 1. The third-order valence-electron chi connectivity index (χ3n) is 4.07. The van der Waals surface area contributed by atoms with Gasteiger partial charge in [-0.25, -0.2) is 9.37 Å². The summed E-state index contributed by atoms with van der Waals surface area (Å²) < 4.78 is 13.2. The zero-order valence-corrected chi connectivity index (χ0v) is 13.1. The molecule has 0 aliphatic heterocycles. The molecule has 2 aromatic rings. The SMILES string of the molecule is O=C(N[C@@H]1CCC[C@](O)(C#Cc2cccc(F)c2)C1)c1cnc[nH]1. The molecule has 1 saturated carbocycles. The van der Waals surface area contributed by atoms with Crippen LogP contribution in [0.5, 0.6) is 0 Å². The van der Waals surface area contributed by atoms with Crippen LogP contribution in [0.1, 0.15) is 41.7 Å². The Morgan fingerprint density at radius 3 is 3.12 bits per heavy atom. The highest BCUT2D eigenvalue weighted by Gasteiger charge is 2.33. The number of imidazole rings is 1. The third-order valence-corrected chi connectivity index (χ3v) is 4.07. The summed E-state index contributed by atoms with van der Waals surface area (Å²) in [5, 5.41) is 13.6. The van der Waals surface area contributed by atoms with E-state index in [2.05, 4.69) is 27.1 Å². The summed E-state index contributed by atoms with van der Waals surface area (Å²) in [6, 6.07) is 5.79. The minimum Gasteiger partial charge on any atom is -0.378 e. The van der Waals surface area contributed by atoms with Crippen molar-refractivity contribution in [1.29, 1.82) is 0 Å². The number of H-pyrrole nitrogens is 1. The molecule has 1 heterocycles. The van der Waals surface area contributed by atoms with E-state index in [4.69, 9.17) is 0 Å². The molecule has 0 unspecified atom stereocenters. The zero-order chi connectivity index (χ0) is 17.0. The molecule has 124 valence electrons. The lowest BCUT2D eigenvalue weighted by Crippen LogP contribution is -2.45. The van der Waals surface area contributed by atoms with Crippen LogP contribution in [0.25, 0.3) is 0 Å². The molecule has 6 heteroatoms. The maximum absolute atomic E-state index is 13.2. The lowest BCUT2D eigenvalue weighted by atomic mass is 9.82. The molecule has 5 nitrogen and oxygen atoms in total. The number of halogens is 1. The monoisotopic (exact) mass is 327 g/mol. The molecule has 3 N–H and O–H groups in total. The Labute approximate surface area is 139 Å². The van der Waals surface area contributed by atoms with E-state index >= 15 is 0 Å². The molecule has 0 saturated heterocycles. The zero-order valence-electron chi connectivity index (χ0n) is 13.1. The van der Waals surface area contributed by atoms with Crippen LogP contribution in [-0.4, -0.2) is 32.6 Å². The maximum Gasteiger partial charge on any atom is 0.269 e. The summed E-state index contributed by atoms with van der Waals surface area (Å²) >= 11 is 0. The van der Waals surface area contributed by atoms with Crippen LogP contribution in [-0.2, 0) is 0 Å². The first-order valence-corrected chi connectivity index (χ1v) is 7.84. The van der Waals surface area contributed by atoms with Gasteiger partial charge in [0.05, 0.1) is 12.5 Å². The van der Waals surface area contributed by atoms with Crippen molar-refractivity contribution in [2.45, 2.75) is 37.3 Å². The molecule has 1 aliphatic carbocycles. The van der Waals surface area contributed by atoms with Crippen molar-refractivity contribution < 1.29 is 14.3 Å². The number of aliphatic hydroxyl groups is 1. The number of nitrogens with zero attached hydrogens (tertiary/aromatic N) is 1. The Hall–Kier alpha value is -2.65. The Kier molecular flexibility index (Phi) is 4.63. The molecule has 3 rings (SSSR count). The third kappa shape index (κ3) is 4.00. The maximum atomic E-state index is 13.2. The van der Waals surface area contributed by atoms with Crippen LogP contribution in [0.3, 0.4) is 0 Å². The molecular weight excluding hydrogens is 309 g/mol. The lowest BCUT2D eigenvalue weighted by Gasteiger charge is -2.33. The fourth-order valence-electron chi connectivity index (χ4n) is 2.89. The van der Waals surface area contributed by atoms with Crippen molar-refractivity contribution in [3.05, 3.63) is 53.9 Å². The molecule has 1 aromatic heterocycles. The number of hydrogen-bond donors (Lipinski definition) is 3. The van der Waals surface area contributed by atoms with Gasteiger partial charge in [0.25, 0.3) is 5.91 Å². The van der Waals surface area contributed by atoms with E-state index in [9.17, 15) is 14.3 Å².